The van der Waals surface area contributed by atoms with Crippen LogP contribution in [0.4, 0.5) is 4.39 Å². The van der Waals surface area contributed by atoms with Gasteiger partial charge in [0, 0.05) is 23.7 Å². The fourth-order valence-electron chi connectivity index (χ4n) is 2.41. The average Bonchev–Trinajstić information content (AvgIpc) is 2.58. The van der Waals surface area contributed by atoms with Crippen molar-refractivity contribution in [1.82, 2.24) is 4.98 Å². The van der Waals surface area contributed by atoms with E-state index < -0.39 is 11.6 Å². The maximum Gasteiger partial charge on any atom is 0.165 e. The fourth-order valence-corrected chi connectivity index (χ4v) is 2.41. The Kier molecular flexibility index (Phi) is 4.12. The van der Waals surface area contributed by atoms with Crippen molar-refractivity contribution in [2.75, 3.05) is 14.2 Å². The van der Waals surface area contributed by atoms with Crippen LogP contribution >= 0.6 is 0 Å². The number of aromatic hydroxyl groups is 1. The Morgan fingerprint density at radius 2 is 1.67 bits per heavy atom. The topological polar surface area (TPSA) is 60.8 Å². The molecule has 0 radical (unpaired) electrons. The van der Waals surface area contributed by atoms with Crippen LogP contribution in [0.1, 0.15) is 5.56 Å². The highest BCUT2D eigenvalue weighted by atomic mass is 19.1. The van der Waals surface area contributed by atoms with Gasteiger partial charge in [-0.3, -0.25) is 4.98 Å². The molecule has 3 rings (SSSR count). The van der Waals surface area contributed by atoms with E-state index >= 15 is 0 Å². The number of aryl methyl sites for hydroxylation is 1. The van der Waals surface area contributed by atoms with E-state index in [0.717, 1.165) is 0 Å². The number of phenolic OH excluding ortho intramolecular Hbond substituents is 1. The quantitative estimate of drug-likeness (QED) is 0.777. The number of fused-ring (bicyclic) bond motifs is 1. The van der Waals surface area contributed by atoms with E-state index in [1.165, 1.54) is 12.1 Å². The van der Waals surface area contributed by atoms with E-state index in [0.29, 0.717) is 39.5 Å². The predicted molar refractivity (Wildman–Crippen MR) is 87.7 cm³/mol. The maximum absolute atomic E-state index is 13.4. The molecule has 0 spiro atoms. The lowest BCUT2D eigenvalue weighted by Crippen LogP contribution is -1.94. The second-order valence-electron chi connectivity index (χ2n) is 5.20. The Bertz CT molecular complexity index is 911. The highest BCUT2D eigenvalue weighted by Crippen LogP contribution is 2.38. The lowest BCUT2D eigenvalue weighted by atomic mass is 10.1. The van der Waals surface area contributed by atoms with Crippen LogP contribution in [0.2, 0.25) is 0 Å². The molecule has 0 saturated heterocycles. The second kappa shape index (κ2) is 6.23. The maximum atomic E-state index is 13.4. The van der Waals surface area contributed by atoms with Gasteiger partial charge in [0.25, 0.3) is 0 Å². The molecule has 0 fully saturated rings. The van der Waals surface area contributed by atoms with Gasteiger partial charge >= 0.3 is 0 Å². The standard InChI is InChI=1S/C18H16FNO4/c1-10-6-12(19)14(21)9-16(10)24-15-4-5-20-13-8-18(23-3)17(22-2)7-11(13)15/h4-9,21H,1-3H3. The molecule has 2 aromatic carbocycles. The molecular weight excluding hydrogens is 313 g/mol. The van der Waals surface area contributed by atoms with Crippen LogP contribution < -0.4 is 14.2 Å². The molecule has 24 heavy (non-hydrogen) atoms. The number of benzene rings is 2. The first kappa shape index (κ1) is 15.9. The van der Waals surface area contributed by atoms with Crippen LogP contribution in [0.3, 0.4) is 0 Å². The van der Waals surface area contributed by atoms with Crippen molar-refractivity contribution < 1.29 is 23.7 Å². The molecule has 6 heteroatoms. The SMILES string of the molecule is COc1cc2nccc(Oc3cc(O)c(F)cc3C)c2cc1OC. The average molecular weight is 329 g/mol. The molecule has 0 atom stereocenters. The monoisotopic (exact) mass is 329 g/mol. The minimum absolute atomic E-state index is 0.358. The molecule has 1 N–H and O–H groups in total. The van der Waals surface area contributed by atoms with Gasteiger partial charge < -0.3 is 19.3 Å². The lowest BCUT2D eigenvalue weighted by Gasteiger charge is -2.13. The minimum atomic E-state index is -0.689. The van der Waals surface area contributed by atoms with Gasteiger partial charge in [-0.1, -0.05) is 0 Å². The molecule has 1 aromatic heterocycles. The van der Waals surface area contributed by atoms with Gasteiger partial charge in [-0.05, 0) is 30.7 Å². The Labute approximate surface area is 138 Å². The molecule has 1 heterocycles. The first-order valence-electron chi connectivity index (χ1n) is 7.21. The van der Waals surface area contributed by atoms with E-state index in [1.54, 1.807) is 45.5 Å². The van der Waals surface area contributed by atoms with Crippen LogP contribution in [0.5, 0.6) is 28.7 Å². The Hall–Kier alpha value is -3.02. The van der Waals surface area contributed by atoms with E-state index in [4.69, 9.17) is 14.2 Å². The first-order valence-corrected chi connectivity index (χ1v) is 7.21. The summed E-state index contributed by atoms with van der Waals surface area (Å²) in [4.78, 5) is 4.30. The fraction of sp³-hybridized carbons (Fsp3) is 0.167. The third-order valence-corrected chi connectivity index (χ3v) is 3.67. The summed E-state index contributed by atoms with van der Waals surface area (Å²) in [7, 11) is 3.09. The zero-order valence-electron chi connectivity index (χ0n) is 13.5. The number of hydrogen-bond acceptors (Lipinski definition) is 5. The number of ether oxygens (including phenoxy) is 3. The van der Waals surface area contributed by atoms with Crippen molar-refractivity contribution in [2.24, 2.45) is 0 Å². The highest BCUT2D eigenvalue weighted by Gasteiger charge is 2.13. The molecule has 0 saturated carbocycles. The van der Waals surface area contributed by atoms with Gasteiger partial charge in [-0.2, -0.15) is 0 Å². The summed E-state index contributed by atoms with van der Waals surface area (Å²) in [5.41, 5.74) is 1.23. The highest BCUT2D eigenvalue weighted by molar-refractivity contribution is 5.88. The van der Waals surface area contributed by atoms with Gasteiger partial charge in [0.15, 0.2) is 23.1 Å². The molecule has 3 aromatic rings. The normalized spacial score (nSPS) is 10.7. The van der Waals surface area contributed by atoms with Crippen LogP contribution in [-0.4, -0.2) is 24.3 Å². The van der Waals surface area contributed by atoms with Crippen molar-refractivity contribution in [3.8, 4) is 28.7 Å². The summed E-state index contributed by atoms with van der Waals surface area (Å²) in [5.74, 6) is 0.817. The Morgan fingerprint density at radius 3 is 2.38 bits per heavy atom. The Balaban J connectivity index is 2.11. The van der Waals surface area contributed by atoms with Gasteiger partial charge in [0.2, 0.25) is 0 Å². The molecule has 0 aliphatic carbocycles. The number of hydrogen-bond donors (Lipinski definition) is 1. The molecule has 0 unspecified atom stereocenters. The summed E-state index contributed by atoms with van der Waals surface area (Å²) in [6, 6.07) is 7.66. The van der Waals surface area contributed by atoms with E-state index in [9.17, 15) is 9.50 Å². The summed E-state index contributed by atoms with van der Waals surface area (Å²) in [6.07, 6.45) is 1.60. The molecule has 0 aliphatic rings. The molecule has 0 aliphatic heterocycles. The third kappa shape index (κ3) is 2.78. The largest absolute Gasteiger partial charge is 0.505 e. The smallest absolute Gasteiger partial charge is 0.165 e. The number of aromatic nitrogens is 1. The summed E-state index contributed by atoms with van der Waals surface area (Å²) in [6.45, 7) is 1.70. The van der Waals surface area contributed by atoms with Crippen LogP contribution in [0.25, 0.3) is 10.9 Å². The van der Waals surface area contributed by atoms with Crippen molar-refractivity contribution in [2.45, 2.75) is 6.92 Å². The molecule has 0 amide bonds. The number of pyridine rings is 1. The number of rotatable bonds is 4. The van der Waals surface area contributed by atoms with Gasteiger partial charge in [-0.25, -0.2) is 4.39 Å². The zero-order valence-corrected chi connectivity index (χ0v) is 13.5. The van der Waals surface area contributed by atoms with Crippen molar-refractivity contribution in [3.63, 3.8) is 0 Å². The molecule has 124 valence electrons. The van der Waals surface area contributed by atoms with Crippen LogP contribution in [0.15, 0.2) is 36.5 Å². The number of halogens is 1. The third-order valence-electron chi connectivity index (χ3n) is 3.67. The van der Waals surface area contributed by atoms with Crippen LogP contribution in [-0.2, 0) is 0 Å². The van der Waals surface area contributed by atoms with Gasteiger partial charge in [-0.15, -0.1) is 0 Å². The molecule has 0 bridgehead atoms. The number of methoxy groups -OCH3 is 2. The number of nitrogens with zero attached hydrogens (tertiary/aromatic N) is 1. The van der Waals surface area contributed by atoms with Crippen molar-refractivity contribution in [3.05, 3.63) is 47.9 Å². The number of phenols is 1. The Morgan fingerprint density at radius 1 is 0.958 bits per heavy atom. The van der Waals surface area contributed by atoms with Crippen molar-refractivity contribution in [1.29, 1.82) is 0 Å². The van der Waals surface area contributed by atoms with Gasteiger partial charge in [0.05, 0.1) is 19.7 Å². The summed E-state index contributed by atoms with van der Waals surface area (Å²) in [5, 5.41) is 10.3. The summed E-state index contributed by atoms with van der Waals surface area (Å²) >= 11 is 0. The lowest BCUT2D eigenvalue weighted by molar-refractivity contribution is 0.355. The van der Waals surface area contributed by atoms with E-state index in [2.05, 4.69) is 4.98 Å². The van der Waals surface area contributed by atoms with Crippen LogP contribution in [0, 0.1) is 12.7 Å². The van der Waals surface area contributed by atoms with Crippen molar-refractivity contribution >= 4 is 10.9 Å². The summed E-state index contributed by atoms with van der Waals surface area (Å²) < 4.78 is 29.8. The van der Waals surface area contributed by atoms with Gasteiger partial charge in [0.1, 0.15) is 11.5 Å². The van der Waals surface area contributed by atoms with E-state index in [1.807, 2.05) is 0 Å². The predicted octanol–water partition coefficient (Wildman–Crippen LogP) is 4.20. The molecular formula is C18H16FNO4. The zero-order chi connectivity index (χ0) is 17.3. The molecule has 5 nitrogen and oxygen atoms in total. The minimum Gasteiger partial charge on any atom is -0.505 e. The van der Waals surface area contributed by atoms with E-state index in [-0.39, 0.29) is 0 Å². The first-order chi connectivity index (χ1) is 11.5. The second-order valence-corrected chi connectivity index (χ2v) is 5.20.